The third-order valence-corrected chi connectivity index (χ3v) is 13.9. The minimum Gasteiger partial charge on any atom is -0.447 e. The minimum atomic E-state index is -3.84. The molecule has 0 fully saturated rings. The molecule has 2 aliphatic heterocycles. The number of isocyanates is 1. The van der Waals surface area contributed by atoms with Gasteiger partial charge in [0.1, 0.15) is 6.61 Å². The fourth-order valence-corrected chi connectivity index (χ4v) is 9.29. The number of aliphatic hydroxyl groups is 1. The molecule has 8 rings (SSSR count). The molecule has 0 bridgehead atoms. The van der Waals surface area contributed by atoms with E-state index in [4.69, 9.17) is 31.2 Å². The molecule has 6 aromatic rings. The fourth-order valence-electron chi connectivity index (χ4n) is 7.75. The smallest absolute Gasteiger partial charge is 0.411 e. The van der Waals surface area contributed by atoms with Crippen LogP contribution in [0, 0.1) is 0 Å². The van der Waals surface area contributed by atoms with Gasteiger partial charge in [-0.25, -0.2) is 26.4 Å². The second-order valence-corrected chi connectivity index (χ2v) is 21.1. The van der Waals surface area contributed by atoms with Crippen LogP contribution in [0.5, 0.6) is 0 Å². The third-order valence-electron chi connectivity index (χ3n) is 11.2. The van der Waals surface area contributed by atoms with E-state index in [0.29, 0.717) is 69.7 Å². The number of ether oxygens (including phenoxy) is 1. The molecule has 2 aliphatic rings. The van der Waals surface area contributed by atoms with E-state index in [1.807, 2.05) is 38.1 Å². The minimum absolute atomic E-state index is 0.0194. The molecule has 0 atom stereocenters. The van der Waals surface area contributed by atoms with Gasteiger partial charge in [-0.05, 0) is 97.8 Å². The van der Waals surface area contributed by atoms with Gasteiger partial charge in [0.05, 0.1) is 22.1 Å². The zero-order valence-corrected chi connectivity index (χ0v) is 42.0. The topological polar surface area (TPSA) is 255 Å². The van der Waals surface area contributed by atoms with Gasteiger partial charge in [-0.15, -0.1) is 0 Å². The van der Waals surface area contributed by atoms with Crippen LogP contribution in [-0.2, 0) is 27.6 Å². The summed E-state index contributed by atoms with van der Waals surface area (Å²) in [5.41, 5.74) is 4.34. The molecule has 376 valence electrons. The number of amides is 5. The summed E-state index contributed by atoms with van der Waals surface area (Å²) in [5.74, 6) is -1.03. The Morgan fingerprint density at radius 2 is 1.06 bits per heavy atom. The summed E-state index contributed by atoms with van der Waals surface area (Å²) in [6.45, 7) is 5.63. The first-order valence-corrected chi connectivity index (χ1v) is 27.1. The third kappa shape index (κ3) is 12.8. The second-order valence-electron chi connectivity index (χ2n) is 15.9. The number of nitrogens with zero attached hydrogens (tertiary/aromatic N) is 3. The van der Waals surface area contributed by atoms with Gasteiger partial charge < -0.3 is 20.5 Å². The first-order chi connectivity index (χ1) is 34.4. The number of nitrogens with one attached hydrogen (secondary N) is 3. The molecule has 0 unspecified atom stereocenters. The number of carbonyl (C=O) groups is 5. The molecule has 0 aliphatic carbocycles. The van der Waals surface area contributed by atoms with E-state index in [1.165, 1.54) is 64.4 Å². The van der Waals surface area contributed by atoms with E-state index in [2.05, 4.69) is 20.9 Å². The molecule has 72 heavy (non-hydrogen) atoms. The molecule has 0 radical (unpaired) electrons. The Bertz CT molecular complexity index is 3270. The highest BCUT2D eigenvalue weighted by Gasteiger charge is 2.34. The van der Waals surface area contributed by atoms with Crippen LogP contribution < -0.4 is 16.0 Å². The predicted octanol–water partition coefficient (Wildman–Crippen LogP) is 9.05. The summed E-state index contributed by atoms with van der Waals surface area (Å²) in [7, 11) is 2.78. The zero-order chi connectivity index (χ0) is 52.2. The Balaban J connectivity index is 0.000000200. The summed E-state index contributed by atoms with van der Waals surface area (Å²) in [6, 6.07) is 28.5. The summed E-state index contributed by atoms with van der Waals surface area (Å²) < 4.78 is 49.3. The van der Waals surface area contributed by atoms with Crippen molar-refractivity contribution in [2.45, 2.75) is 49.3 Å². The highest BCUT2D eigenvalue weighted by atomic mass is 35.7. The Morgan fingerprint density at radius 3 is 1.47 bits per heavy atom. The van der Waals surface area contributed by atoms with Gasteiger partial charge in [0.15, 0.2) is 0 Å². The van der Waals surface area contributed by atoms with Crippen LogP contribution in [0.15, 0.2) is 124 Å². The molecular formula is C50H48Cl2N6O12S2. The van der Waals surface area contributed by atoms with Crippen molar-refractivity contribution in [1.29, 1.82) is 0 Å². The van der Waals surface area contributed by atoms with E-state index in [1.54, 1.807) is 36.4 Å². The maximum absolute atomic E-state index is 13.0. The van der Waals surface area contributed by atoms with E-state index in [9.17, 15) is 45.6 Å². The fraction of sp³-hybridized carbons (Fsp3) is 0.240. The number of halogens is 2. The number of aliphatic hydroxyl groups excluding tert-OH is 1. The largest absolute Gasteiger partial charge is 0.447 e. The van der Waals surface area contributed by atoms with E-state index in [0.717, 1.165) is 42.1 Å². The molecule has 4 N–H and O–H groups in total. The van der Waals surface area contributed by atoms with E-state index in [-0.39, 0.29) is 53.2 Å². The first-order valence-electron chi connectivity index (χ1n) is 22.5. The number of benzene rings is 6. The summed E-state index contributed by atoms with van der Waals surface area (Å²) in [5, 5.41) is 20.7. The molecule has 0 aromatic heterocycles. The molecule has 0 saturated carbocycles. The molecule has 2 heterocycles. The van der Waals surface area contributed by atoms with Crippen LogP contribution >= 0.6 is 21.4 Å². The number of imide groups is 2. The molecule has 6 aromatic carbocycles. The first kappa shape index (κ1) is 54.1. The number of unbranched alkanes of at least 4 members (excludes halogenated alkanes) is 2. The van der Waals surface area contributed by atoms with Gasteiger partial charge in [0, 0.05) is 108 Å². The van der Waals surface area contributed by atoms with Crippen molar-refractivity contribution in [3.05, 3.63) is 131 Å². The van der Waals surface area contributed by atoms with Crippen LogP contribution in [0.4, 0.5) is 27.5 Å². The lowest BCUT2D eigenvalue weighted by Gasteiger charge is -2.27. The highest BCUT2D eigenvalue weighted by Crippen LogP contribution is 2.36. The molecule has 22 heteroatoms. The maximum atomic E-state index is 13.0. The number of aliphatic imine (C=N–C) groups is 1. The van der Waals surface area contributed by atoms with Crippen molar-refractivity contribution in [1.82, 2.24) is 9.80 Å². The summed E-state index contributed by atoms with van der Waals surface area (Å²) in [4.78, 5) is 79.0. The van der Waals surface area contributed by atoms with Crippen LogP contribution in [0.3, 0.4) is 0 Å². The van der Waals surface area contributed by atoms with Crippen LogP contribution in [0.1, 0.15) is 81.0 Å². The van der Waals surface area contributed by atoms with Crippen LogP contribution in [0.25, 0.3) is 21.5 Å². The van der Waals surface area contributed by atoms with Gasteiger partial charge in [-0.3, -0.25) is 34.3 Å². The van der Waals surface area contributed by atoms with Gasteiger partial charge in [-0.1, -0.05) is 51.0 Å². The molecular weight excluding hydrogens is 1010 g/mol. The number of hydrogen-bond acceptors (Lipinski definition) is 15. The second kappa shape index (κ2) is 24.3. The Morgan fingerprint density at radius 1 is 0.625 bits per heavy atom. The molecule has 0 spiro atoms. The lowest BCUT2D eigenvalue weighted by molar-refractivity contribution is 0.0593. The van der Waals surface area contributed by atoms with Crippen molar-refractivity contribution < 1.29 is 55.4 Å². The van der Waals surface area contributed by atoms with Crippen LogP contribution in [0.2, 0.25) is 0 Å². The maximum Gasteiger partial charge on any atom is 0.411 e. The number of anilines is 3. The standard InChI is InChI=1S/C25H24ClN3O6S.C18H20N2O3.C7H4ClNO3S/c1-2-3-14-29-23(30)19-6-4-5-18-21(12-11-20(22(18)19)24(29)31)27-13-15-35-25(32)28-16-7-9-17(10-8-16)36(26,33)34;1-2-3-10-20-17(22)13-6-4-5-12-15(19-9-11-21)8-7-14(16(12)13)18(20)23;8-13(11,12)7-3-1-6(2-4-7)9-5-10/h4-12,27H,2-3,13-15H2,1H3,(H,28,32);4-8,19,21H,2-3,9-11H2,1H3;1-4H. The SMILES string of the molecule is CCCCN1C(=O)c2cccc3c(NCCO)ccc(c23)C1=O.CCCCN1C(=O)c2cccc3c(NCCOC(=O)Nc4ccc(S(=O)(=O)Cl)cc4)ccc(c23)C1=O.O=C=Nc1ccc(S(=O)(=O)Cl)cc1. The van der Waals surface area contributed by atoms with Gasteiger partial charge in [0.25, 0.3) is 41.7 Å². The molecule has 5 amide bonds. The van der Waals surface area contributed by atoms with Crippen LogP contribution in [-0.4, -0.2) is 107 Å². The summed E-state index contributed by atoms with van der Waals surface area (Å²) in [6.07, 6.45) is 3.98. The number of rotatable bonds is 17. The monoisotopic (exact) mass is 1060 g/mol. The average molecular weight is 1060 g/mol. The quantitative estimate of drug-likeness (QED) is 0.0219. The van der Waals surface area contributed by atoms with Gasteiger partial charge in [-0.2, -0.15) is 4.99 Å². The van der Waals surface area contributed by atoms with Gasteiger partial charge >= 0.3 is 6.09 Å². The highest BCUT2D eigenvalue weighted by molar-refractivity contribution is 8.14. The Hall–Kier alpha value is -7.19. The van der Waals surface area contributed by atoms with Crippen molar-refractivity contribution in [3.8, 4) is 0 Å². The van der Waals surface area contributed by atoms with Crippen molar-refractivity contribution in [2.75, 3.05) is 55.3 Å². The van der Waals surface area contributed by atoms with E-state index < -0.39 is 24.2 Å². The molecule has 18 nitrogen and oxygen atoms in total. The van der Waals surface area contributed by atoms with Crippen molar-refractivity contribution >= 4 is 120 Å². The van der Waals surface area contributed by atoms with Crippen molar-refractivity contribution in [3.63, 3.8) is 0 Å². The van der Waals surface area contributed by atoms with Crippen molar-refractivity contribution in [2.24, 2.45) is 4.99 Å². The van der Waals surface area contributed by atoms with E-state index >= 15 is 0 Å². The number of carbonyl (C=O) groups excluding carboxylic acids is 6. The Kier molecular flexibility index (Phi) is 18.3. The average Bonchev–Trinajstić information content (AvgIpc) is 3.36. The Labute approximate surface area is 423 Å². The lowest BCUT2D eigenvalue weighted by atomic mass is 9.93. The predicted molar refractivity (Wildman–Crippen MR) is 274 cm³/mol. The normalized spacial score (nSPS) is 12.8. The summed E-state index contributed by atoms with van der Waals surface area (Å²) >= 11 is 0. The number of hydrogen-bond donors (Lipinski definition) is 4. The molecule has 0 saturated heterocycles. The zero-order valence-electron chi connectivity index (χ0n) is 38.8. The lowest BCUT2D eigenvalue weighted by Crippen LogP contribution is -2.40. The van der Waals surface area contributed by atoms with Gasteiger partial charge in [0.2, 0.25) is 6.08 Å².